The lowest BCUT2D eigenvalue weighted by Crippen LogP contribution is -2.50. The normalized spacial score (nSPS) is 20.3. The van der Waals surface area contributed by atoms with Gasteiger partial charge >= 0.3 is 12.2 Å². The number of pyridine rings is 2. The van der Waals surface area contributed by atoms with Crippen LogP contribution in [0.15, 0.2) is 61.1 Å². The topological polar surface area (TPSA) is 154 Å². The summed E-state index contributed by atoms with van der Waals surface area (Å²) in [5, 5.41) is 20.2. The molecule has 16 heteroatoms. The van der Waals surface area contributed by atoms with Gasteiger partial charge in [0, 0.05) is 37.3 Å². The smallest absolute Gasteiger partial charge is 0.319 e. The van der Waals surface area contributed by atoms with Crippen molar-refractivity contribution in [3.05, 3.63) is 83.6 Å². The minimum atomic E-state index is -4.69. The van der Waals surface area contributed by atoms with E-state index in [1.54, 1.807) is 23.2 Å². The van der Waals surface area contributed by atoms with Gasteiger partial charge in [-0.3, -0.25) is 28.9 Å². The van der Waals surface area contributed by atoms with Gasteiger partial charge < -0.3 is 10.2 Å². The molecule has 13 nitrogen and oxygen atoms in total. The Balaban J connectivity index is 0.861. The molecule has 0 atom stereocenters. The first-order valence-corrected chi connectivity index (χ1v) is 18.1. The Hall–Kier alpha value is -5.82. The van der Waals surface area contributed by atoms with Gasteiger partial charge in [-0.2, -0.15) is 23.5 Å². The molecule has 278 valence electrons. The van der Waals surface area contributed by atoms with Crippen molar-refractivity contribution in [1.29, 1.82) is 5.26 Å². The maximum absolute atomic E-state index is 13.1. The zero-order chi connectivity index (χ0) is 37.6. The Labute approximate surface area is 307 Å². The zero-order valence-corrected chi connectivity index (χ0v) is 29.2. The van der Waals surface area contributed by atoms with Crippen LogP contribution in [0.1, 0.15) is 84.2 Å². The molecule has 5 aromatic rings. The summed E-state index contributed by atoms with van der Waals surface area (Å²) in [5.41, 5.74) is 1.37. The van der Waals surface area contributed by atoms with Gasteiger partial charge in [0.1, 0.15) is 28.9 Å². The maximum Gasteiger partial charge on any atom is 0.433 e. The molecule has 4 amide bonds. The summed E-state index contributed by atoms with van der Waals surface area (Å²) in [4.78, 5) is 49.2. The Morgan fingerprint density at radius 3 is 2.56 bits per heavy atom. The van der Waals surface area contributed by atoms with E-state index in [1.807, 2.05) is 27.5 Å². The number of nitrogens with one attached hydrogen (secondary N) is 2. The van der Waals surface area contributed by atoms with Gasteiger partial charge in [-0.25, -0.2) is 14.8 Å². The SMILES string of the molecule is N#Cc1cc2nn(C3CCC(CN4CCC(c5cccn6c(N7CCC(=O)NC7=O)cnc56)CC4)CC3)cc2cc1NC(=O)c1cccc(C(F)(F)F)n1. The molecule has 2 N–H and O–H groups in total. The molecule has 1 aliphatic carbocycles. The molecular weight excluding hydrogens is 701 g/mol. The number of likely N-dealkylation sites (tertiary alicyclic amines) is 1. The number of piperidine rings is 1. The van der Waals surface area contributed by atoms with E-state index in [1.165, 1.54) is 11.6 Å². The first-order valence-electron chi connectivity index (χ1n) is 18.1. The number of alkyl halides is 3. The molecule has 0 spiro atoms. The number of carbonyl (C=O) groups excluding carboxylic acids is 3. The van der Waals surface area contributed by atoms with Crippen molar-refractivity contribution in [1.82, 2.24) is 34.4 Å². The van der Waals surface area contributed by atoms with E-state index >= 15 is 0 Å². The largest absolute Gasteiger partial charge is 0.433 e. The van der Waals surface area contributed by atoms with Crippen LogP contribution in [-0.2, 0) is 11.0 Å². The van der Waals surface area contributed by atoms with Gasteiger partial charge in [-0.15, -0.1) is 0 Å². The summed E-state index contributed by atoms with van der Waals surface area (Å²) in [5.74, 6) is 0.467. The number of imide groups is 1. The van der Waals surface area contributed by atoms with Crippen LogP contribution in [0.5, 0.6) is 0 Å². The Bertz CT molecular complexity index is 2300. The molecule has 3 fully saturated rings. The Morgan fingerprint density at radius 1 is 1.02 bits per heavy atom. The maximum atomic E-state index is 13.1. The summed E-state index contributed by atoms with van der Waals surface area (Å²) in [6.07, 6.45) is 7.13. The number of amides is 4. The van der Waals surface area contributed by atoms with Gasteiger partial charge in [0.15, 0.2) is 0 Å². The number of hydrogen-bond acceptors (Lipinski definition) is 8. The minimum Gasteiger partial charge on any atom is -0.319 e. The second kappa shape index (κ2) is 14.2. The second-order valence-corrected chi connectivity index (χ2v) is 14.3. The Kier molecular flexibility index (Phi) is 9.26. The van der Waals surface area contributed by atoms with Gasteiger partial charge in [-0.05, 0) is 99.3 Å². The first kappa shape index (κ1) is 35.2. The average Bonchev–Trinajstić information content (AvgIpc) is 3.79. The molecule has 1 saturated carbocycles. The van der Waals surface area contributed by atoms with Crippen molar-refractivity contribution < 1.29 is 27.6 Å². The van der Waals surface area contributed by atoms with Crippen LogP contribution in [0.25, 0.3) is 16.6 Å². The first-order chi connectivity index (χ1) is 26.0. The van der Waals surface area contributed by atoms with Gasteiger partial charge in [0.05, 0.1) is 29.0 Å². The molecule has 8 rings (SSSR count). The molecule has 0 unspecified atom stereocenters. The lowest BCUT2D eigenvalue weighted by Gasteiger charge is -2.36. The molecule has 54 heavy (non-hydrogen) atoms. The van der Waals surface area contributed by atoms with Gasteiger partial charge in [-0.1, -0.05) is 12.1 Å². The third kappa shape index (κ3) is 6.98. The second-order valence-electron chi connectivity index (χ2n) is 14.3. The Morgan fingerprint density at radius 2 is 1.81 bits per heavy atom. The number of urea groups is 1. The van der Waals surface area contributed by atoms with Crippen LogP contribution >= 0.6 is 0 Å². The quantitative estimate of drug-likeness (QED) is 0.198. The highest BCUT2D eigenvalue weighted by Crippen LogP contribution is 2.37. The summed E-state index contributed by atoms with van der Waals surface area (Å²) >= 11 is 0. The van der Waals surface area contributed by atoms with Crippen LogP contribution in [0.4, 0.5) is 29.5 Å². The summed E-state index contributed by atoms with van der Waals surface area (Å²) in [6.45, 7) is 3.34. The van der Waals surface area contributed by atoms with Crippen molar-refractivity contribution in [3.63, 3.8) is 0 Å². The third-order valence-corrected chi connectivity index (χ3v) is 10.9. The molecule has 2 aliphatic heterocycles. The van der Waals surface area contributed by atoms with Crippen LogP contribution in [0, 0.1) is 17.2 Å². The molecule has 3 aliphatic rings. The van der Waals surface area contributed by atoms with Crippen LogP contribution in [0.2, 0.25) is 0 Å². The van der Waals surface area contributed by atoms with E-state index in [2.05, 4.69) is 32.7 Å². The van der Waals surface area contributed by atoms with E-state index in [0.29, 0.717) is 35.1 Å². The summed E-state index contributed by atoms with van der Waals surface area (Å²) in [7, 11) is 0. The van der Waals surface area contributed by atoms with Crippen LogP contribution in [0.3, 0.4) is 0 Å². The highest BCUT2D eigenvalue weighted by Gasteiger charge is 2.33. The summed E-state index contributed by atoms with van der Waals surface area (Å²) < 4.78 is 43.3. The van der Waals surface area contributed by atoms with Crippen LogP contribution in [-0.4, -0.2) is 73.1 Å². The lowest BCUT2D eigenvalue weighted by molar-refractivity contribution is -0.141. The fourth-order valence-corrected chi connectivity index (χ4v) is 8.08. The highest BCUT2D eigenvalue weighted by atomic mass is 19.4. The fourth-order valence-electron chi connectivity index (χ4n) is 8.08. The zero-order valence-electron chi connectivity index (χ0n) is 29.2. The number of nitriles is 1. The molecule has 4 aromatic heterocycles. The molecule has 1 aromatic carbocycles. The fraction of sp³-hybridized carbons (Fsp3) is 0.395. The van der Waals surface area contributed by atoms with Crippen molar-refractivity contribution in [3.8, 4) is 6.07 Å². The predicted molar refractivity (Wildman–Crippen MR) is 192 cm³/mol. The van der Waals surface area contributed by atoms with Gasteiger partial charge in [0.25, 0.3) is 5.91 Å². The van der Waals surface area contributed by atoms with E-state index in [0.717, 1.165) is 75.9 Å². The van der Waals surface area contributed by atoms with E-state index in [4.69, 9.17) is 10.1 Å². The number of imidazole rings is 1. The number of halogens is 3. The minimum absolute atomic E-state index is 0.150. The number of rotatable bonds is 7. The number of carbonyl (C=O) groups is 3. The van der Waals surface area contributed by atoms with E-state index in [9.17, 15) is 32.8 Å². The predicted octanol–water partition coefficient (Wildman–Crippen LogP) is 6.28. The number of fused-ring (bicyclic) bond motifs is 2. The average molecular weight is 739 g/mol. The number of benzene rings is 1. The highest BCUT2D eigenvalue weighted by molar-refractivity contribution is 6.06. The number of hydrogen-bond donors (Lipinski definition) is 2. The molecule has 2 saturated heterocycles. The molecular formula is C38H37F3N10O3. The van der Waals surface area contributed by atoms with Crippen LogP contribution < -0.4 is 15.5 Å². The van der Waals surface area contributed by atoms with E-state index < -0.39 is 29.5 Å². The number of anilines is 2. The van der Waals surface area contributed by atoms with Crippen molar-refractivity contribution in [2.75, 3.05) is 36.4 Å². The molecule has 0 radical (unpaired) electrons. The number of nitrogens with zero attached hydrogens (tertiary/aromatic N) is 8. The standard InChI is InChI=1S/C38H37F3N10O3/c39-38(40,41)32-5-1-4-29(44-32)36(53)45-30-18-26-22-51(47-31(26)17-25(30)19-42)27-8-6-23(7-9-27)21-48-14-10-24(11-15-48)28-3-2-13-49-34(20-43-35(28)49)50-16-12-33(52)46-37(50)54/h1-5,13,17-18,20,22-24,27H,6-12,14-16,21H2,(H,45,53)(H,46,52,54). The van der Waals surface area contributed by atoms with E-state index in [-0.39, 0.29) is 29.6 Å². The number of aromatic nitrogens is 5. The molecule has 0 bridgehead atoms. The van der Waals surface area contributed by atoms with Crippen molar-refractivity contribution >= 4 is 45.9 Å². The molecule has 6 heterocycles. The van der Waals surface area contributed by atoms with Crippen molar-refractivity contribution in [2.45, 2.75) is 63.1 Å². The third-order valence-electron chi connectivity index (χ3n) is 10.9. The monoisotopic (exact) mass is 738 g/mol. The summed E-state index contributed by atoms with van der Waals surface area (Å²) in [6, 6.07) is 12.2. The van der Waals surface area contributed by atoms with Gasteiger partial charge in [0.2, 0.25) is 5.91 Å². The van der Waals surface area contributed by atoms with Crippen molar-refractivity contribution in [2.24, 2.45) is 5.92 Å². The lowest BCUT2D eigenvalue weighted by atomic mass is 9.84.